The molecule has 1 saturated carbocycles. The van der Waals surface area contributed by atoms with Crippen LogP contribution < -0.4 is 0 Å². The van der Waals surface area contributed by atoms with Crippen LogP contribution in [0.4, 0.5) is 0 Å². The summed E-state index contributed by atoms with van der Waals surface area (Å²) in [6, 6.07) is 29.0. The summed E-state index contributed by atoms with van der Waals surface area (Å²) in [4.78, 5) is 22.2. The first-order chi connectivity index (χ1) is 21.5. The Hall–Kier alpha value is -4.71. The summed E-state index contributed by atoms with van der Waals surface area (Å²) in [5.74, 6) is 1.22. The molecule has 0 spiro atoms. The number of aromatic carboxylic acids is 1. The topological polar surface area (TPSA) is 72.9 Å². The zero-order chi connectivity index (χ0) is 30.2. The molecule has 0 aliphatic heterocycles. The van der Waals surface area contributed by atoms with Crippen LogP contribution in [0.2, 0.25) is 0 Å². The number of carboxylic acids is 1. The van der Waals surface area contributed by atoms with Crippen molar-refractivity contribution in [1.82, 2.24) is 19.1 Å². The molecule has 0 unspecified atom stereocenters. The van der Waals surface area contributed by atoms with Crippen molar-refractivity contribution in [3.63, 3.8) is 0 Å². The molecule has 1 fully saturated rings. The SMILES string of the molecule is CCCc1nc2c(C)cc(-c3nc4ccccc4n3C3CCCCC3)cc2n1Cc1ccc(-c2ccccc2C(=O)O)cc1. The van der Waals surface area contributed by atoms with Gasteiger partial charge in [-0.25, -0.2) is 14.8 Å². The first-order valence-electron chi connectivity index (χ1n) is 15.9. The number of hydrogen-bond donors (Lipinski definition) is 1. The number of nitrogens with zero attached hydrogens (tertiary/aromatic N) is 4. The number of para-hydroxylation sites is 2. The maximum absolute atomic E-state index is 11.8. The minimum atomic E-state index is -0.915. The molecular weight excluding hydrogens is 544 g/mol. The second kappa shape index (κ2) is 11.8. The molecule has 1 aliphatic rings. The standard InChI is InChI=1S/C38H38N4O2/c1-3-11-35-40-36-25(2)22-28(37-39-32-16-9-10-17-33(32)42(37)29-12-5-4-6-13-29)23-34(36)41(35)24-26-18-20-27(21-19-26)30-14-7-8-15-31(30)38(43)44/h7-10,14-23,29H,3-6,11-13,24H2,1-2H3,(H,43,44). The van der Waals surface area contributed by atoms with Crippen LogP contribution in [-0.2, 0) is 13.0 Å². The van der Waals surface area contributed by atoms with Crippen molar-refractivity contribution in [2.45, 2.75) is 71.4 Å². The highest BCUT2D eigenvalue weighted by Gasteiger charge is 2.24. The van der Waals surface area contributed by atoms with Crippen LogP contribution in [0.5, 0.6) is 0 Å². The van der Waals surface area contributed by atoms with E-state index in [0.29, 0.717) is 18.2 Å². The molecule has 0 bridgehead atoms. The monoisotopic (exact) mass is 582 g/mol. The third kappa shape index (κ3) is 5.08. The van der Waals surface area contributed by atoms with Gasteiger partial charge in [0.1, 0.15) is 11.6 Å². The largest absolute Gasteiger partial charge is 0.478 e. The average molecular weight is 583 g/mol. The smallest absolute Gasteiger partial charge is 0.336 e. The highest BCUT2D eigenvalue weighted by molar-refractivity contribution is 5.96. The Morgan fingerprint density at radius 1 is 0.864 bits per heavy atom. The van der Waals surface area contributed by atoms with Gasteiger partial charge in [0.25, 0.3) is 0 Å². The molecule has 1 aliphatic carbocycles. The number of rotatable bonds is 8. The summed E-state index contributed by atoms with van der Waals surface area (Å²) >= 11 is 0. The summed E-state index contributed by atoms with van der Waals surface area (Å²) in [7, 11) is 0. The fourth-order valence-electron chi connectivity index (χ4n) is 7.01. The van der Waals surface area contributed by atoms with Crippen LogP contribution in [0.3, 0.4) is 0 Å². The van der Waals surface area contributed by atoms with E-state index in [2.05, 4.69) is 71.5 Å². The van der Waals surface area contributed by atoms with Gasteiger partial charge in [0.2, 0.25) is 0 Å². The van der Waals surface area contributed by atoms with Crippen LogP contribution in [0, 0.1) is 6.92 Å². The van der Waals surface area contributed by atoms with Crippen molar-refractivity contribution >= 4 is 28.0 Å². The van der Waals surface area contributed by atoms with Gasteiger partial charge in [-0.1, -0.05) is 80.8 Å². The van der Waals surface area contributed by atoms with E-state index in [1.165, 1.54) is 37.6 Å². The number of fused-ring (bicyclic) bond motifs is 2. The Balaban J connectivity index is 1.32. The molecule has 6 heteroatoms. The first-order valence-corrected chi connectivity index (χ1v) is 15.9. The van der Waals surface area contributed by atoms with Gasteiger partial charge in [0.05, 0.1) is 27.6 Å². The van der Waals surface area contributed by atoms with Gasteiger partial charge >= 0.3 is 5.97 Å². The second-order valence-electron chi connectivity index (χ2n) is 12.2. The predicted octanol–water partition coefficient (Wildman–Crippen LogP) is 9.23. The zero-order valence-electron chi connectivity index (χ0n) is 25.5. The molecule has 0 amide bonds. The van der Waals surface area contributed by atoms with E-state index in [1.54, 1.807) is 12.1 Å². The number of imidazole rings is 2. The normalized spacial score (nSPS) is 14.0. The maximum Gasteiger partial charge on any atom is 0.336 e. The lowest BCUT2D eigenvalue weighted by Gasteiger charge is -2.25. The van der Waals surface area contributed by atoms with Gasteiger partial charge in [-0.2, -0.15) is 0 Å². The van der Waals surface area contributed by atoms with Gasteiger partial charge in [-0.15, -0.1) is 0 Å². The Bertz CT molecular complexity index is 1980. The maximum atomic E-state index is 11.8. The molecule has 6 nitrogen and oxygen atoms in total. The van der Waals surface area contributed by atoms with Crippen molar-refractivity contribution in [2.75, 3.05) is 0 Å². The van der Waals surface area contributed by atoms with E-state index < -0.39 is 5.97 Å². The van der Waals surface area contributed by atoms with E-state index in [9.17, 15) is 9.90 Å². The molecule has 2 heterocycles. The third-order valence-corrected chi connectivity index (χ3v) is 9.15. The fraction of sp³-hybridized carbons (Fsp3) is 0.289. The number of carbonyl (C=O) groups is 1. The molecule has 0 saturated heterocycles. The molecule has 0 radical (unpaired) electrons. The molecule has 44 heavy (non-hydrogen) atoms. The molecule has 1 N–H and O–H groups in total. The fourth-order valence-corrected chi connectivity index (χ4v) is 7.01. The lowest BCUT2D eigenvalue weighted by atomic mass is 9.94. The van der Waals surface area contributed by atoms with Crippen molar-refractivity contribution in [3.05, 3.63) is 107 Å². The number of aryl methyl sites for hydroxylation is 2. The summed E-state index contributed by atoms with van der Waals surface area (Å²) < 4.78 is 4.87. The van der Waals surface area contributed by atoms with Crippen LogP contribution >= 0.6 is 0 Å². The van der Waals surface area contributed by atoms with Crippen LogP contribution in [0.15, 0.2) is 84.9 Å². The molecule has 2 aromatic heterocycles. The summed E-state index contributed by atoms with van der Waals surface area (Å²) in [5.41, 5.74) is 9.84. The molecular formula is C38H38N4O2. The summed E-state index contributed by atoms with van der Waals surface area (Å²) in [6.07, 6.45) is 8.15. The van der Waals surface area contributed by atoms with Gasteiger partial charge in [-0.05, 0) is 78.8 Å². The molecule has 6 aromatic rings. The van der Waals surface area contributed by atoms with E-state index >= 15 is 0 Å². The minimum absolute atomic E-state index is 0.313. The zero-order valence-corrected chi connectivity index (χ0v) is 25.5. The van der Waals surface area contributed by atoms with Crippen molar-refractivity contribution in [1.29, 1.82) is 0 Å². The van der Waals surface area contributed by atoms with E-state index in [4.69, 9.17) is 9.97 Å². The predicted molar refractivity (Wildman–Crippen MR) is 177 cm³/mol. The van der Waals surface area contributed by atoms with Crippen LogP contribution in [-0.4, -0.2) is 30.2 Å². The molecule has 222 valence electrons. The summed E-state index contributed by atoms with van der Waals surface area (Å²) in [5, 5.41) is 9.68. The summed E-state index contributed by atoms with van der Waals surface area (Å²) in [6.45, 7) is 5.05. The lowest BCUT2D eigenvalue weighted by Crippen LogP contribution is -2.14. The molecule has 7 rings (SSSR count). The molecule has 4 aromatic carbocycles. The number of hydrogen-bond acceptors (Lipinski definition) is 3. The number of carboxylic acid groups (broad SMARTS) is 1. The Morgan fingerprint density at radius 2 is 1.61 bits per heavy atom. The molecule has 0 atom stereocenters. The Labute approximate surface area is 258 Å². The van der Waals surface area contributed by atoms with Crippen LogP contribution in [0.1, 0.15) is 78.8 Å². The van der Waals surface area contributed by atoms with Crippen LogP contribution in [0.25, 0.3) is 44.6 Å². The van der Waals surface area contributed by atoms with Gasteiger partial charge in [0.15, 0.2) is 0 Å². The second-order valence-corrected chi connectivity index (χ2v) is 12.2. The average Bonchev–Trinajstić information content (AvgIpc) is 3.61. The highest BCUT2D eigenvalue weighted by Crippen LogP contribution is 2.37. The third-order valence-electron chi connectivity index (χ3n) is 9.15. The number of benzene rings is 4. The quantitative estimate of drug-likeness (QED) is 0.194. The Kier molecular flexibility index (Phi) is 7.51. The lowest BCUT2D eigenvalue weighted by molar-refractivity contribution is 0.0697. The Morgan fingerprint density at radius 3 is 2.39 bits per heavy atom. The van der Waals surface area contributed by atoms with E-state index in [-0.39, 0.29) is 0 Å². The highest BCUT2D eigenvalue weighted by atomic mass is 16.4. The van der Waals surface area contributed by atoms with Gasteiger partial charge < -0.3 is 14.2 Å². The van der Waals surface area contributed by atoms with Crippen molar-refractivity contribution in [2.24, 2.45) is 0 Å². The first kappa shape index (κ1) is 28.1. The number of aromatic nitrogens is 4. The van der Waals surface area contributed by atoms with Gasteiger partial charge in [0, 0.05) is 24.6 Å². The van der Waals surface area contributed by atoms with E-state index in [0.717, 1.165) is 68.9 Å². The minimum Gasteiger partial charge on any atom is -0.478 e. The van der Waals surface area contributed by atoms with Crippen molar-refractivity contribution in [3.8, 4) is 22.5 Å². The van der Waals surface area contributed by atoms with Gasteiger partial charge in [-0.3, -0.25) is 0 Å². The van der Waals surface area contributed by atoms with E-state index in [1.807, 2.05) is 24.3 Å². The van der Waals surface area contributed by atoms with Crippen molar-refractivity contribution < 1.29 is 9.90 Å².